The van der Waals surface area contributed by atoms with E-state index in [0.29, 0.717) is 16.5 Å². The molecule has 0 spiro atoms. The van der Waals surface area contributed by atoms with Crippen LogP contribution in [0.25, 0.3) is 10.9 Å². The Bertz CT molecular complexity index is 1010. The molecule has 0 bridgehead atoms. The van der Waals surface area contributed by atoms with Crippen molar-refractivity contribution in [1.29, 1.82) is 0 Å². The van der Waals surface area contributed by atoms with Crippen LogP contribution in [0, 0.1) is 0 Å². The minimum atomic E-state index is -4.40. The first-order valence-corrected chi connectivity index (χ1v) is 7.79. The quantitative estimate of drug-likeness (QED) is 0.772. The minimum absolute atomic E-state index is 0.123. The van der Waals surface area contributed by atoms with Crippen molar-refractivity contribution in [3.8, 4) is 0 Å². The zero-order valence-electron chi connectivity index (χ0n) is 13.8. The molecule has 3 aromatic rings. The number of H-pyrrole nitrogens is 1. The number of pyridine rings is 1. The topological polar surface area (TPSA) is 53.2 Å². The number of carbonyl (C=O) groups excluding carboxylic acids is 1. The predicted octanol–water partition coefficient (Wildman–Crippen LogP) is 3.82. The number of hydrogen-bond acceptors (Lipinski definition) is 2. The first kappa shape index (κ1) is 17.7. The maximum absolute atomic E-state index is 12.7. The molecule has 0 saturated heterocycles. The summed E-state index contributed by atoms with van der Waals surface area (Å²) >= 11 is 0. The number of nitrogens with one attached hydrogen (secondary N) is 1. The average molecular weight is 360 g/mol. The van der Waals surface area contributed by atoms with Gasteiger partial charge in [0.05, 0.1) is 11.1 Å². The number of amides is 1. The number of aromatic nitrogens is 1. The number of hydrogen-bond donors (Lipinski definition) is 1. The largest absolute Gasteiger partial charge is 0.416 e. The Kier molecular flexibility index (Phi) is 4.54. The molecule has 1 N–H and O–H groups in total. The van der Waals surface area contributed by atoms with Gasteiger partial charge in [-0.3, -0.25) is 9.59 Å². The lowest BCUT2D eigenvalue weighted by molar-refractivity contribution is -0.137. The fraction of sp³-hybridized carbons (Fsp3) is 0.158. The van der Waals surface area contributed by atoms with Crippen molar-refractivity contribution in [2.45, 2.75) is 12.7 Å². The number of aromatic amines is 1. The van der Waals surface area contributed by atoms with E-state index >= 15 is 0 Å². The Morgan fingerprint density at radius 2 is 1.73 bits per heavy atom. The third-order valence-corrected chi connectivity index (χ3v) is 4.03. The third-order valence-electron chi connectivity index (χ3n) is 4.03. The first-order chi connectivity index (χ1) is 12.3. The van der Waals surface area contributed by atoms with Crippen LogP contribution in [0.1, 0.15) is 21.5 Å². The number of alkyl halides is 3. The monoisotopic (exact) mass is 360 g/mol. The van der Waals surface area contributed by atoms with Crippen LogP contribution in [0.15, 0.2) is 59.4 Å². The minimum Gasteiger partial charge on any atom is -0.337 e. The average Bonchev–Trinajstić information content (AvgIpc) is 2.60. The molecule has 0 unspecified atom stereocenters. The highest BCUT2D eigenvalue weighted by molar-refractivity contribution is 6.05. The van der Waals surface area contributed by atoms with Gasteiger partial charge in [0.25, 0.3) is 5.91 Å². The van der Waals surface area contributed by atoms with Crippen LogP contribution in [0.4, 0.5) is 13.2 Å². The molecule has 3 rings (SSSR count). The van der Waals surface area contributed by atoms with Crippen molar-refractivity contribution in [3.63, 3.8) is 0 Å². The summed E-state index contributed by atoms with van der Waals surface area (Å²) in [5.74, 6) is -0.382. The lowest BCUT2D eigenvalue weighted by Crippen LogP contribution is -2.27. The second-order valence-electron chi connectivity index (χ2n) is 5.95. The van der Waals surface area contributed by atoms with Crippen LogP contribution in [-0.2, 0) is 12.7 Å². The second kappa shape index (κ2) is 6.67. The zero-order chi connectivity index (χ0) is 18.9. The Labute approximate surface area is 146 Å². The second-order valence-corrected chi connectivity index (χ2v) is 5.95. The zero-order valence-corrected chi connectivity index (χ0v) is 13.8. The van der Waals surface area contributed by atoms with Crippen molar-refractivity contribution in [1.82, 2.24) is 9.88 Å². The molecule has 0 aliphatic carbocycles. The van der Waals surface area contributed by atoms with Crippen LogP contribution in [0.5, 0.6) is 0 Å². The van der Waals surface area contributed by atoms with E-state index in [1.54, 1.807) is 24.3 Å². The van der Waals surface area contributed by atoms with Gasteiger partial charge in [-0.1, -0.05) is 30.3 Å². The molecular formula is C19H15F3N2O2. The predicted molar refractivity (Wildman–Crippen MR) is 91.8 cm³/mol. The molecule has 134 valence electrons. The molecule has 7 heteroatoms. The Morgan fingerprint density at radius 1 is 1.08 bits per heavy atom. The van der Waals surface area contributed by atoms with Crippen LogP contribution in [-0.4, -0.2) is 22.8 Å². The Balaban J connectivity index is 1.86. The van der Waals surface area contributed by atoms with Gasteiger partial charge >= 0.3 is 6.18 Å². The standard InChI is InChI=1S/C19H15F3N2O2/c1-24(11-12-6-8-13(9-7-12)19(20,21)22)18(26)15-10-17(25)23-16-5-3-2-4-14(15)16/h2-10H,11H2,1H3,(H,23,25). The summed E-state index contributed by atoms with van der Waals surface area (Å²) in [5, 5.41) is 0.608. The van der Waals surface area contributed by atoms with Crippen LogP contribution in [0.2, 0.25) is 0 Å². The lowest BCUT2D eigenvalue weighted by atomic mass is 10.1. The summed E-state index contributed by atoms with van der Waals surface area (Å²) in [5.41, 5.74) is 0.221. The normalized spacial score (nSPS) is 11.5. The first-order valence-electron chi connectivity index (χ1n) is 7.79. The van der Waals surface area contributed by atoms with Gasteiger partial charge in [0.15, 0.2) is 0 Å². The summed E-state index contributed by atoms with van der Waals surface area (Å²) < 4.78 is 37.9. The summed E-state index contributed by atoms with van der Waals surface area (Å²) in [6.07, 6.45) is -4.40. The van der Waals surface area contributed by atoms with Gasteiger partial charge in [0, 0.05) is 30.6 Å². The van der Waals surface area contributed by atoms with Gasteiger partial charge < -0.3 is 9.88 Å². The number of benzene rings is 2. The van der Waals surface area contributed by atoms with Gasteiger partial charge in [-0.25, -0.2) is 0 Å². The molecule has 1 amide bonds. The molecule has 0 saturated carbocycles. The van der Waals surface area contributed by atoms with E-state index < -0.39 is 17.3 Å². The summed E-state index contributed by atoms with van der Waals surface area (Å²) in [4.78, 5) is 28.5. The lowest BCUT2D eigenvalue weighted by Gasteiger charge is -2.18. The highest BCUT2D eigenvalue weighted by atomic mass is 19.4. The molecule has 0 atom stereocenters. The molecule has 1 aromatic heterocycles. The molecule has 4 nitrogen and oxygen atoms in total. The van der Waals surface area contributed by atoms with Crippen molar-refractivity contribution in [2.24, 2.45) is 0 Å². The number of halogens is 3. The molecule has 0 fully saturated rings. The molecule has 0 radical (unpaired) electrons. The maximum Gasteiger partial charge on any atom is 0.416 e. The fourth-order valence-corrected chi connectivity index (χ4v) is 2.73. The molecule has 2 aromatic carbocycles. The third kappa shape index (κ3) is 3.61. The van der Waals surface area contributed by atoms with Gasteiger partial charge in [-0.15, -0.1) is 0 Å². The van der Waals surface area contributed by atoms with Gasteiger partial charge in [0.1, 0.15) is 0 Å². The number of nitrogens with zero attached hydrogens (tertiary/aromatic N) is 1. The Hall–Kier alpha value is -3.09. The Morgan fingerprint density at radius 3 is 2.38 bits per heavy atom. The van der Waals surface area contributed by atoms with Gasteiger partial charge in [0.2, 0.25) is 5.56 Å². The van der Waals surface area contributed by atoms with Gasteiger partial charge in [-0.2, -0.15) is 13.2 Å². The number of fused-ring (bicyclic) bond motifs is 1. The van der Waals surface area contributed by atoms with Crippen molar-refractivity contribution in [2.75, 3.05) is 7.05 Å². The highest BCUT2D eigenvalue weighted by Gasteiger charge is 2.30. The van der Waals surface area contributed by atoms with Gasteiger partial charge in [-0.05, 0) is 23.8 Å². The molecule has 26 heavy (non-hydrogen) atoms. The van der Waals surface area contributed by atoms with E-state index in [1.807, 2.05) is 0 Å². The summed E-state index contributed by atoms with van der Waals surface area (Å²) in [6.45, 7) is 0.123. The van der Waals surface area contributed by atoms with E-state index in [9.17, 15) is 22.8 Å². The molecule has 1 heterocycles. The maximum atomic E-state index is 12.7. The smallest absolute Gasteiger partial charge is 0.337 e. The molecule has 0 aliphatic rings. The van der Waals surface area contributed by atoms with Crippen molar-refractivity contribution < 1.29 is 18.0 Å². The molecule has 0 aliphatic heterocycles. The summed E-state index contributed by atoms with van der Waals surface area (Å²) in [6, 6.07) is 12.8. The molecular weight excluding hydrogens is 345 g/mol. The van der Waals surface area contributed by atoms with E-state index in [1.165, 1.54) is 30.1 Å². The van der Waals surface area contributed by atoms with Crippen LogP contribution in [0.3, 0.4) is 0 Å². The van der Waals surface area contributed by atoms with Crippen molar-refractivity contribution >= 4 is 16.8 Å². The van der Waals surface area contributed by atoms with Crippen LogP contribution >= 0.6 is 0 Å². The fourth-order valence-electron chi connectivity index (χ4n) is 2.73. The van der Waals surface area contributed by atoms with E-state index in [0.717, 1.165) is 12.1 Å². The number of para-hydroxylation sites is 1. The van der Waals surface area contributed by atoms with Crippen molar-refractivity contribution in [3.05, 3.63) is 81.6 Å². The number of carbonyl (C=O) groups is 1. The van der Waals surface area contributed by atoms with E-state index in [-0.39, 0.29) is 18.0 Å². The van der Waals surface area contributed by atoms with E-state index in [2.05, 4.69) is 4.98 Å². The van der Waals surface area contributed by atoms with Crippen LogP contribution < -0.4 is 5.56 Å². The number of rotatable bonds is 3. The van der Waals surface area contributed by atoms with E-state index in [4.69, 9.17) is 0 Å². The highest BCUT2D eigenvalue weighted by Crippen LogP contribution is 2.29. The SMILES string of the molecule is CN(Cc1ccc(C(F)(F)F)cc1)C(=O)c1cc(=O)[nH]c2ccccc12. The summed E-state index contributed by atoms with van der Waals surface area (Å²) in [7, 11) is 1.54.